The highest BCUT2D eigenvalue weighted by atomic mass is 16.5. The third kappa shape index (κ3) is 4.97. The molecule has 0 saturated carbocycles. The van der Waals surface area contributed by atoms with Gasteiger partial charge in [-0.1, -0.05) is 26.3 Å². The Balaban J connectivity index is 1.95. The van der Waals surface area contributed by atoms with Crippen molar-refractivity contribution in [2.45, 2.75) is 45.7 Å². The summed E-state index contributed by atoms with van der Waals surface area (Å²) in [6.45, 7) is 8.80. The summed E-state index contributed by atoms with van der Waals surface area (Å²) in [5.74, 6) is 1.47. The van der Waals surface area contributed by atoms with Gasteiger partial charge in [-0.25, -0.2) is 4.98 Å². The molecule has 0 bridgehead atoms. The van der Waals surface area contributed by atoms with E-state index in [1.54, 1.807) is 13.3 Å². The maximum Gasteiger partial charge on any atom is 0.217 e. The smallest absolute Gasteiger partial charge is 0.217 e. The summed E-state index contributed by atoms with van der Waals surface area (Å²) >= 11 is 0. The zero-order valence-corrected chi connectivity index (χ0v) is 13.6. The molecule has 4 heteroatoms. The molecule has 2 rings (SSSR count). The van der Waals surface area contributed by atoms with Crippen LogP contribution in [0.4, 0.5) is 0 Å². The van der Waals surface area contributed by atoms with Crippen LogP contribution < -0.4 is 10.1 Å². The van der Waals surface area contributed by atoms with Gasteiger partial charge in [0.2, 0.25) is 5.88 Å². The Bertz CT molecular complexity index is 422. The zero-order valence-electron chi connectivity index (χ0n) is 13.6. The van der Waals surface area contributed by atoms with Gasteiger partial charge in [-0.15, -0.1) is 0 Å². The number of likely N-dealkylation sites (tertiary alicyclic amines) is 1. The Morgan fingerprint density at radius 1 is 1.43 bits per heavy atom. The van der Waals surface area contributed by atoms with Crippen LogP contribution in [0.3, 0.4) is 0 Å². The number of nitrogens with one attached hydrogen (secondary N) is 1. The zero-order chi connectivity index (χ0) is 15.1. The van der Waals surface area contributed by atoms with Crippen molar-refractivity contribution in [3.63, 3.8) is 0 Å². The fraction of sp³-hybridized carbons (Fsp3) is 0.706. The van der Waals surface area contributed by atoms with Gasteiger partial charge in [-0.05, 0) is 37.9 Å². The Kier molecular flexibility index (Phi) is 6.46. The molecule has 1 atom stereocenters. The van der Waals surface area contributed by atoms with Crippen molar-refractivity contribution < 1.29 is 4.74 Å². The molecule has 0 aromatic carbocycles. The van der Waals surface area contributed by atoms with Gasteiger partial charge in [-0.3, -0.25) is 4.90 Å². The van der Waals surface area contributed by atoms with E-state index < -0.39 is 0 Å². The van der Waals surface area contributed by atoms with E-state index in [1.807, 2.05) is 6.07 Å². The van der Waals surface area contributed by atoms with Gasteiger partial charge in [0.05, 0.1) is 7.11 Å². The molecule has 21 heavy (non-hydrogen) atoms. The predicted octanol–water partition coefficient (Wildman–Crippen LogP) is 2.69. The maximum absolute atomic E-state index is 5.38. The van der Waals surface area contributed by atoms with Crippen LogP contribution in [-0.2, 0) is 6.54 Å². The van der Waals surface area contributed by atoms with Gasteiger partial charge in [0.1, 0.15) is 0 Å². The average molecular weight is 291 g/mol. The molecular weight excluding hydrogens is 262 g/mol. The Morgan fingerprint density at radius 2 is 2.29 bits per heavy atom. The molecular formula is C17H29N3O. The summed E-state index contributed by atoms with van der Waals surface area (Å²) in [6.07, 6.45) is 5.71. The number of piperidine rings is 1. The number of hydrogen-bond donors (Lipinski definition) is 1. The van der Waals surface area contributed by atoms with E-state index in [0.717, 1.165) is 25.5 Å². The number of hydrogen-bond acceptors (Lipinski definition) is 4. The molecule has 1 aliphatic heterocycles. The molecule has 2 heterocycles. The molecule has 118 valence electrons. The second-order valence-corrected chi connectivity index (χ2v) is 6.34. The van der Waals surface area contributed by atoms with Crippen LogP contribution in [0.1, 0.15) is 38.7 Å². The quantitative estimate of drug-likeness (QED) is 0.838. The average Bonchev–Trinajstić information content (AvgIpc) is 2.49. The van der Waals surface area contributed by atoms with Crippen molar-refractivity contribution in [3.8, 4) is 5.88 Å². The normalized spacial score (nSPS) is 19.9. The van der Waals surface area contributed by atoms with Gasteiger partial charge in [0, 0.05) is 30.9 Å². The van der Waals surface area contributed by atoms with Crippen LogP contribution in [0.25, 0.3) is 0 Å². The van der Waals surface area contributed by atoms with Crippen LogP contribution in [0.15, 0.2) is 18.3 Å². The minimum absolute atomic E-state index is 0.627. The Morgan fingerprint density at radius 3 is 3.05 bits per heavy atom. The van der Waals surface area contributed by atoms with Crippen LogP contribution in [0.2, 0.25) is 0 Å². The lowest BCUT2D eigenvalue weighted by Crippen LogP contribution is -2.45. The standard InChI is InChI=1S/C17H29N3O/c1-14(2)11-18-12-16-8-4-5-10-20(16)13-15-7-6-9-19-17(15)21-3/h6-7,9,14,16,18H,4-5,8,10-13H2,1-3H3. The van der Waals surface area contributed by atoms with Crippen LogP contribution in [-0.4, -0.2) is 42.7 Å². The predicted molar refractivity (Wildman–Crippen MR) is 86.5 cm³/mol. The minimum Gasteiger partial charge on any atom is -0.481 e. The number of rotatable bonds is 7. The molecule has 1 N–H and O–H groups in total. The second kappa shape index (κ2) is 8.35. The van der Waals surface area contributed by atoms with Crippen LogP contribution >= 0.6 is 0 Å². The number of nitrogens with zero attached hydrogens (tertiary/aromatic N) is 2. The lowest BCUT2D eigenvalue weighted by molar-refractivity contribution is 0.135. The van der Waals surface area contributed by atoms with E-state index in [-0.39, 0.29) is 0 Å². The van der Waals surface area contributed by atoms with Crippen molar-refractivity contribution in [2.24, 2.45) is 5.92 Å². The summed E-state index contributed by atoms with van der Waals surface area (Å²) in [5, 5.41) is 3.61. The highest BCUT2D eigenvalue weighted by Crippen LogP contribution is 2.22. The van der Waals surface area contributed by atoms with E-state index in [0.29, 0.717) is 12.0 Å². The molecule has 0 spiro atoms. The summed E-state index contributed by atoms with van der Waals surface area (Å²) < 4.78 is 5.38. The van der Waals surface area contributed by atoms with E-state index in [1.165, 1.54) is 31.4 Å². The van der Waals surface area contributed by atoms with E-state index >= 15 is 0 Å². The summed E-state index contributed by atoms with van der Waals surface area (Å²) in [4.78, 5) is 6.89. The Labute approximate surface area is 128 Å². The van der Waals surface area contributed by atoms with Crippen molar-refractivity contribution in [1.29, 1.82) is 0 Å². The molecule has 1 aromatic heterocycles. The van der Waals surface area contributed by atoms with Crippen LogP contribution in [0, 0.1) is 5.92 Å². The first-order valence-corrected chi connectivity index (χ1v) is 8.13. The number of methoxy groups -OCH3 is 1. The largest absolute Gasteiger partial charge is 0.481 e. The number of ether oxygens (including phenoxy) is 1. The van der Waals surface area contributed by atoms with Gasteiger partial charge >= 0.3 is 0 Å². The van der Waals surface area contributed by atoms with E-state index in [2.05, 4.69) is 35.1 Å². The van der Waals surface area contributed by atoms with Crippen LogP contribution in [0.5, 0.6) is 5.88 Å². The number of aromatic nitrogens is 1. The van der Waals surface area contributed by atoms with E-state index in [4.69, 9.17) is 4.74 Å². The first kappa shape index (κ1) is 16.2. The third-order valence-electron chi connectivity index (χ3n) is 4.10. The van der Waals surface area contributed by atoms with Gasteiger partial charge < -0.3 is 10.1 Å². The van der Waals surface area contributed by atoms with E-state index in [9.17, 15) is 0 Å². The monoisotopic (exact) mass is 291 g/mol. The van der Waals surface area contributed by atoms with Gasteiger partial charge in [-0.2, -0.15) is 0 Å². The second-order valence-electron chi connectivity index (χ2n) is 6.34. The molecule has 1 saturated heterocycles. The fourth-order valence-electron chi connectivity index (χ4n) is 2.98. The summed E-state index contributed by atoms with van der Waals surface area (Å²) in [5.41, 5.74) is 1.19. The molecule has 4 nitrogen and oxygen atoms in total. The molecule has 1 aromatic rings. The molecule has 0 aliphatic carbocycles. The van der Waals surface area contributed by atoms with Gasteiger partial charge in [0.15, 0.2) is 0 Å². The fourth-order valence-corrected chi connectivity index (χ4v) is 2.98. The summed E-state index contributed by atoms with van der Waals surface area (Å²) in [7, 11) is 1.70. The highest BCUT2D eigenvalue weighted by Gasteiger charge is 2.23. The first-order chi connectivity index (χ1) is 10.2. The molecule has 0 radical (unpaired) electrons. The van der Waals surface area contributed by atoms with Crippen molar-refractivity contribution in [3.05, 3.63) is 23.9 Å². The number of pyridine rings is 1. The minimum atomic E-state index is 0.627. The third-order valence-corrected chi connectivity index (χ3v) is 4.10. The lowest BCUT2D eigenvalue weighted by Gasteiger charge is -2.36. The molecule has 0 amide bonds. The van der Waals surface area contributed by atoms with Crippen molar-refractivity contribution >= 4 is 0 Å². The van der Waals surface area contributed by atoms with Gasteiger partial charge in [0.25, 0.3) is 0 Å². The Hall–Kier alpha value is -1.13. The first-order valence-electron chi connectivity index (χ1n) is 8.13. The molecule has 1 aliphatic rings. The topological polar surface area (TPSA) is 37.4 Å². The molecule has 1 unspecified atom stereocenters. The maximum atomic E-state index is 5.38. The van der Waals surface area contributed by atoms with Crippen molar-refractivity contribution in [2.75, 3.05) is 26.7 Å². The van der Waals surface area contributed by atoms with Crippen molar-refractivity contribution in [1.82, 2.24) is 15.2 Å². The highest BCUT2D eigenvalue weighted by molar-refractivity contribution is 5.25. The molecule has 1 fully saturated rings. The summed E-state index contributed by atoms with van der Waals surface area (Å²) in [6, 6.07) is 4.75. The lowest BCUT2D eigenvalue weighted by atomic mass is 10.0. The SMILES string of the molecule is COc1ncccc1CN1CCCCC1CNCC(C)C.